The second kappa shape index (κ2) is 9.37. The van der Waals surface area contributed by atoms with Crippen LogP contribution in [0.25, 0.3) is 0 Å². The third-order valence-electron chi connectivity index (χ3n) is 7.94. The molecule has 0 unspecified atom stereocenters. The number of aryl methyl sites for hydroxylation is 1. The van der Waals surface area contributed by atoms with E-state index >= 15 is 4.39 Å². The molecule has 6 rings (SSSR count). The average molecular weight is 548 g/mol. The molecule has 2 fully saturated rings. The number of hydrogen-bond acceptors (Lipinski definition) is 5. The van der Waals surface area contributed by atoms with Gasteiger partial charge in [0.15, 0.2) is 12.0 Å². The monoisotopic (exact) mass is 547 g/mol. The number of aromatic nitrogens is 3. The first-order valence-electron chi connectivity index (χ1n) is 12.6. The van der Waals surface area contributed by atoms with Gasteiger partial charge in [0.2, 0.25) is 0 Å². The van der Waals surface area contributed by atoms with Gasteiger partial charge in [-0.2, -0.15) is 13.2 Å². The molecule has 2 aromatic carbocycles. The summed E-state index contributed by atoms with van der Waals surface area (Å²) in [5, 5.41) is 7.66. The highest BCUT2D eigenvalue weighted by molar-refractivity contribution is 6.10. The largest absolute Gasteiger partial charge is 0.416 e. The minimum atomic E-state index is -4.67. The van der Waals surface area contributed by atoms with Crippen LogP contribution in [0.3, 0.4) is 0 Å². The minimum absolute atomic E-state index is 0.0228. The first-order valence-corrected chi connectivity index (χ1v) is 12.6. The van der Waals surface area contributed by atoms with Crippen molar-refractivity contribution in [3.8, 4) is 0 Å². The molecule has 206 valence electrons. The van der Waals surface area contributed by atoms with Crippen LogP contribution in [-0.2, 0) is 36.5 Å². The highest BCUT2D eigenvalue weighted by atomic mass is 19.4. The molecule has 12 heteroatoms. The lowest BCUT2D eigenvalue weighted by molar-refractivity contribution is -0.138. The lowest BCUT2D eigenvalue weighted by Crippen LogP contribution is -2.50. The molecule has 0 aliphatic carbocycles. The number of nitrogens with zero attached hydrogens (tertiary/aromatic N) is 5. The van der Waals surface area contributed by atoms with Crippen LogP contribution in [0, 0.1) is 0 Å². The van der Waals surface area contributed by atoms with Crippen LogP contribution in [0.5, 0.6) is 0 Å². The van der Waals surface area contributed by atoms with Crippen molar-refractivity contribution in [2.24, 2.45) is 7.05 Å². The molecule has 1 amide bonds. The standard InChI is InChI=1S/C27H26F5N5O2/c1-35-15-33-34-24(35)23(29)26(13-39-14-26)17-3-2-4-19(9-17)37-12-21-20(25(37)38)7-16(8-22(21)27(30,31)32)10-36-6-5-18(28)11-36/h2-4,7-9,15,18,23H,5-6,10-14H2,1H3/t18-,23+/m0/s1. The molecule has 3 aromatic rings. The van der Waals surface area contributed by atoms with Gasteiger partial charge in [0.25, 0.3) is 5.91 Å². The topological polar surface area (TPSA) is 63.5 Å². The SMILES string of the molecule is Cn1cnnc1[C@@H](F)C1(c2cccc(N3Cc4c(cc(CN5CC[C@H](F)C5)cc4C(F)(F)F)C3=O)c2)COC1. The van der Waals surface area contributed by atoms with Crippen LogP contribution in [0.1, 0.15) is 51.0 Å². The Bertz CT molecular complexity index is 1420. The van der Waals surface area contributed by atoms with Gasteiger partial charge in [0.1, 0.15) is 12.5 Å². The molecular weight excluding hydrogens is 521 g/mol. The lowest BCUT2D eigenvalue weighted by Gasteiger charge is -2.43. The van der Waals surface area contributed by atoms with E-state index in [4.69, 9.17) is 4.74 Å². The Morgan fingerprint density at radius 1 is 1.21 bits per heavy atom. The molecule has 3 aliphatic rings. The number of amides is 1. The zero-order valence-electron chi connectivity index (χ0n) is 21.1. The molecule has 0 bridgehead atoms. The zero-order chi connectivity index (χ0) is 27.5. The number of fused-ring (bicyclic) bond motifs is 1. The number of halogens is 5. The number of benzene rings is 2. The third kappa shape index (κ3) is 4.39. The van der Waals surface area contributed by atoms with Gasteiger partial charge in [-0.15, -0.1) is 10.2 Å². The van der Waals surface area contributed by atoms with E-state index in [0.29, 0.717) is 29.8 Å². The summed E-state index contributed by atoms with van der Waals surface area (Å²) < 4.78 is 78.7. The molecule has 0 spiro atoms. The van der Waals surface area contributed by atoms with Crippen LogP contribution in [0.4, 0.5) is 27.6 Å². The quantitative estimate of drug-likeness (QED) is 0.425. The van der Waals surface area contributed by atoms with Gasteiger partial charge in [-0.25, -0.2) is 8.78 Å². The van der Waals surface area contributed by atoms with Crippen molar-refractivity contribution in [1.82, 2.24) is 19.7 Å². The van der Waals surface area contributed by atoms with Gasteiger partial charge in [0.05, 0.1) is 30.7 Å². The Labute approximate surface area is 221 Å². The van der Waals surface area contributed by atoms with Crippen molar-refractivity contribution in [2.45, 2.75) is 43.4 Å². The van der Waals surface area contributed by atoms with Crippen molar-refractivity contribution >= 4 is 11.6 Å². The molecule has 3 aliphatic heterocycles. The van der Waals surface area contributed by atoms with E-state index in [9.17, 15) is 22.4 Å². The fourth-order valence-electron chi connectivity index (χ4n) is 5.74. The van der Waals surface area contributed by atoms with E-state index in [-0.39, 0.29) is 49.8 Å². The Kier molecular flexibility index (Phi) is 6.22. The summed E-state index contributed by atoms with van der Waals surface area (Å²) >= 11 is 0. The van der Waals surface area contributed by atoms with Crippen molar-refractivity contribution in [1.29, 1.82) is 0 Å². The molecule has 2 saturated heterocycles. The highest BCUT2D eigenvalue weighted by Gasteiger charge is 2.51. The summed E-state index contributed by atoms with van der Waals surface area (Å²) in [6.45, 7) is 0.617. The maximum absolute atomic E-state index is 15.8. The third-order valence-corrected chi connectivity index (χ3v) is 7.94. The van der Waals surface area contributed by atoms with Crippen molar-refractivity contribution in [3.63, 3.8) is 0 Å². The van der Waals surface area contributed by atoms with Gasteiger partial charge in [-0.1, -0.05) is 12.1 Å². The first kappa shape index (κ1) is 25.9. The summed E-state index contributed by atoms with van der Waals surface area (Å²) in [5.74, 6) is -0.434. The molecule has 4 heterocycles. The van der Waals surface area contributed by atoms with Crippen LogP contribution in [0.2, 0.25) is 0 Å². The number of carbonyl (C=O) groups excluding carboxylic acids is 1. The predicted octanol–water partition coefficient (Wildman–Crippen LogP) is 4.52. The Morgan fingerprint density at radius 2 is 2.00 bits per heavy atom. The first-order chi connectivity index (χ1) is 18.6. The van der Waals surface area contributed by atoms with E-state index in [1.165, 1.54) is 21.9 Å². The van der Waals surface area contributed by atoms with Crippen LogP contribution in [-0.4, -0.2) is 58.0 Å². The zero-order valence-corrected chi connectivity index (χ0v) is 21.1. The summed E-state index contributed by atoms with van der Waals surface area (Å²) in [4.78, 5) is 16.5. The highest BCUT2D eigenvalue weighted by Crippen LogP contribution is 2.47. The molecular formula is C27H26F5N5O2. The van der Waals surface area contributed by atoms with Crippen LogP contribution in [0.15, 0.2) is 42.7 Å². The van der Waals surface area contributed by atoms with E-state index in [0.717, 1.165) is 6.07 Å². The van der Waals surface area contributed by atoms with E-state index in [1.54, 1.807) is 36.2 Å². The smallest absolute Gasteiger partial charge is 0.379 e. The summed E-state index contributed by atoms with van der Waals surface area (Å²) in [5.41, 5.74) is -0.833. The van der Waals surface area contributed by atoms with Gasteiger partial charge in [-0.05, 0) is 47.4 Å². The molecule has 39 heavy (non-hydrogen) atoms. The number of rotatable bonds is 6. The van der Waals surface area contributed by atoms with Crippen molar-refractivity contribution in [3.05, 3.63) is 76.4 Å². The summed E-state index contributed by atoms with van der Waals surface area (Å²) in [7, 11) is 1.64. The Balaban J connectivity index is 1.33. The number of alkyl halides is 5. The maximum Gasteiger partial charge on any atom is 0.416 e. The Hall–Kier alpha value is -3.38. The Morgan fingerprint density at radius 3 is 2.62 bits per heavy atom. The second-order valence-corrected chi connectivity index (χ2v) is 10.5. The molecule has 0 saturated carbocycles. The van der Waals surface area contributed by atoms with Crippen molar-refractivity contribution in [2.75, 3.05) is 31.2 Å². The van der Waals surface area contributed by atoms with Gasteiger partial charge in [-0.3, -0.25) is 9.69 Å². The van der Waals surface area contributed by atoms with Gasteiger partial charge in [0, 0.05) is 37.9 Å². The molecule has 0 radical (unpaired) electrons. The predicted molar refractivity (Wildman–Crippen MR) is 131 cm³/mol. The van der Waals surface area contributed by atoms with E-state index < -0.39 is 35.4 Å². The number of likely N-dealkylation sites (tertiary alicyclic amines) is 1. The number of carbonyl (C=O) groups is 1. The fourth-order valence-corrected chi connectivity index (χ4v) is 5.74. The molecule has 7 nitrogen and oxygen atoms in total. The van der Waals surface area contributed by atoms with Crippen LogP contribution < -0.4 is 4.90 Å². The van der Waals surface area contributed by atoms with E-state index in [2.05, 4.69) is 10.2 Å². The maximum atomic E-state index is 15.8. The van der Waals surface area contributed by atoms with Crippen molar-refractivity contribution < 1.29 is 31.5 Å². The fraction of sp³-hybridized carbons (Fsp3) is 0.444. The van der Waals surface area contributed by atoms with E-state index in [1.807, 2.05) is 0 Å². The number of hydrogen-bond donors (Lipinski definition) is 0. The summed E-state index contributed by atoms with van der Waals surface area (Å²) in [6, 6.07) is 9.17. The normalized spacial score (nSPS) is 21.7. The summed E-state index contributed by atoms with van der Waals surface area (Å²) in [6.07, 6.45) is -5.49. The second-order valence-electron chi connectivity index (χ2n) is 10.5. The molecule has 2 atom stereocenters. The van der Waals surface area contributed by atoms with Crippen LogP contribution >= 0.6 is 0 Å². The molecule has 1 aromatic heterocycles. The molecule has 0 N–H and O–H groups in total. The minimum Gasteiger partial charge on any atom is -0.379 e. The lowest BCUT2D eigenvalue weighted by atomic mass is 9.74. The van der Waals surface area contributed by atoms with Gasteiger partial charge < -0.3 is 14.2 Å². The number of anilines is 1. The van der Waals surface area contributed by atoms with Gasteiger partial charge >= 0.3 is 6.18 Å². The number of ether oxygens (including phenoxy) is 1. The average Bonchev–Trinajstić information content (AvgIpc) is 3.56.